The Hall–Kier alpha value is -1.29. The second-order valence-electron chi connectivity index (χ2n) is 5.30. The first kappa shape index (κ1) is 13.7. The van der Waals surface area contributed by atoms with Crippen LogP contribution in [0.4, 0.5) is 4.39 Å². The molecule has 0 radical (unpaired) electrons. The molecular formula is C15H18ClFN2O. The van der Waals surface area contributed by atoms with E-state index in [1.165, 1.54) is 32.4 Å². The number of ether oxygens (including phenoxy) is 1. The monoisotopic (exact) mass is 296 g/mol. The Morgan fingerprint density at radius 2 is 2.10 bits per heavy atom. The summed E-state index contributed by atoms with van der Waals surface area (Å²) in [4.78, 5) is 4.48. The summed E-state index contributed by atoms with van der Waals surface area (Å²) in [5.41, 5.74) is 1.58. The zero-order chi connectivity index (χ0) is 14.1. The van der Waals surface area contributed by atoms with E-state index in [1.54, 1.807) is 6.07 Å². The summed E-state index contributed by atoms with van der Waals surface area (Å²) in [6.07, 6.45) is 6.01. The molecule has 0 unspecified atom stereocenters. The molecule has 1 fully saturated rings. The molecule has 1 aliphatic rings. The van der Waals surface area contributed by atoms with E-state index in [1.807, 2.05) is 0 Å². The quantitative estimate of drug-likeness (QED) is 0.784. The van der Waals surface area contributed by atoms with E-state index in [4.69, 9.17) is 16.3 Å². The smallest absolute Gasteiger partial charge is 0.167 e. The summed E-state index contributed by atoms with van der Waals surface area (Å²) in [7, 11) is 1.48. The molecule has 5 heteroatoms. The number of imidazole rings is 1. The van der Waals surface area contributed by atoms with E-state index in [0.29, 0.717) is 17.4 Å². The van der Waals surface area contributed by atoms with Gasteiger partial charge in [0.1, 0.15) is 5.82 Å². The van der Waals surface area contributed by atoms with Crippen LogP contribution in [0, 0.1) is 5.82 Å². The van der Waals surface area contributed by atoms with Gasteiger partial charge in [-0.05, 0) is 12.8 Å². The van der Waals surface area contributed by atoms with Crippen molar-refractivity contribution in [2.45, 2.75) is 44.0 Å². The molecule has 1 aliphatic carbocycles. The lowest BCUT2D eigenvalue weighted by molar-refractivity contribution is 0.353. The van der Waals surface area contributed by atoms with Crippen LogP contribution in [0.25, 0.3) is 11.0 Å². The molecule has 1 aromatic carbocycles. The van der Waals surface area contributed by atoms with E-state index in [0.717, 1.165) is 24.2 Å². The highest BCUT2D eigenvalue weighted by atomic mass is 35.5. The van der Waals surface area contributed by atoms with E-state index < -0.39 is 0 Å². The van der Waals surface area contributed by atoms with Crippen molar-refractivity contribution in [3.05, 3.63) is 23.8 Å². The fourth-order valence-corrected chi connectivity index (χ4v) is 3.33. The lowest BCUT2D eigenvalue weighted by atomic mass is 9.95. The van der Waals surface area contributed by atoms with Crippen LogP contribution in [0.3, 0.4) is 0 Å². The first-order valence-corrected chi connectivity index (χ1v) is 7.58. The Morgan fingerprint density at radius 1 is 1.35 bits per heavy atom. The Balaban J connectivity index is 2.16. The van der Waals surface area contributed by atoms with Crippen molar-refractivity contribution >= 4 is 22.6 Å². The minimum absolute atomic E-state index is 0.260. The summed E-state index contributed by atoms with van der Waals surface area (Å²) in [6, 6.07) is 3.59. The van der Waals surface area contributed by atoms with Crippen LogP contribution in [0.5, 0.6) is 5.75 Å². The molecule has 1 aromatic heterocycles. The fourth-order valence-electron chi connectivity index (χ4n) is 3.14. The van der Waals surface area contributed by atoms with E-state index in [9.17, 15) is 4.39 Å². The van der Waals surface area contributed by atoms with Crippen LogP contribution >= 0.6 is 11.6 Å². The van der Waals surface area contributed by atoms with Gasteiger partial charge in [-0.2, -0.15) is 0 Å². The maximum Gasteiger partial charge on any atom is 0.167 e. The maximum absolute atomic E-state index is 13.8. The van der Waals surface area contributed by atoms with Gasteiger partial charge in [-0.1, -0.05) is 19.3 Å². The number of benzene rings is 1. The molecule has 0 atom stereocenters. The number of hydrogen-bond donors (Lipinski definition) is 0. The molecule has 1 heterocycles. The predicted molar refractivity (Wildman–Crippen MR) is 77.9 cm³/mol. The number of methoxy groups -OCH3 is 1. The number of rotatable bonds is 3. The summed E-state index contributed by atoms with van der Waals surface area (Å²) in [6.45, 7) is 0. The SMILES string of the molecule is COc1cc2c(cc1F)nc(CCl)n2C1CCCCC1. The predicted octanol–water partition coefficient (Wildman–Crippen LogP) is 4.43. The first-order chi connectivity index (χ1) is 9.74. The average Bonchev–Trinajstić information content (AvgIpc) is 2.84. The molecule has 1 saturated carbocycles. The van der Waals surface area contributed by atoms with Gasteiger partial charge in [0.25, 0.3) is 0 Å². The van der Waals surface area contributed by atoms with Crippen LogP contribution in [-0.2, 0) is 5.88 Å². The number of aromatic nitrogens is 2. The van der Waals surface area contributed by atoms with Gasteiger partial charge in [-0.15, -0.1) is 11.6 Å². The minimum atomic E-state index is -0.380. The zero-order valence-electron chi connectivity index (χ0n) is 11.5. The van der Waals surface area contributed by atoms with Gasteiger partial charge in [0.05, 0.1) is 24.0 Å². The number of alkyl halides is 1. The second-order valence-corrected chi connectivity index (χ2v) is 5.57. The van der Waals surface area contributed by atoms with Gasteiger partial charge in [0.2, 0.25) is 0 Å². The van der Waals surface area contributed by atoms with Gasteiger partial charge in [-0.25, -0.2) is 9.37 Å². The standard InChI is InChI=1S/C15H18ClFN2O/c1-20-14-8-13-12(7-11(14)17)18-15(9-16)19(13)10-5-3-2-4-6-10/h7-8,10H,2-6,9H2,1H3. The van der Waals surface area contributed by atoms with E-state index in [-0.39, 0.29) is 11.6 Å². The molecule has 0 spiro atoms. The summed E-state index contributed by atoms with van der Waals surface area (Å²) >= 11 is 6.03. The molecule has 0 bridgehead atoms. The number of fused-ring (bicyclic) bond motifs is 1. The van der Waals surface area contributed by atoms with Gasteiger partial charge < -0.3 is 9.30 Å². The van der Waals surface area contributed by atoms with E-state index >= 15 is 0 Å². The third-order valence-electron chi connectivity index (χ3n) is 4.10. The molecule has 108 valence electrons. The first-order valence-electron chi connectivity index (χ1n) is 7.05. The Bertz CT molecular complexity index is 620. The third-order valence-corrected chi connectivity index (χ3v) is 4.33. The van der Waals surface area contributed by atoms with Crippen molar-refractivity contribution < 1.29 is 9.13 Å². The van der Waals surface area contributed by atoms with Gasteiger partial charge in [0.15, 0.2) is 11.6 Å². The van der Waals surface area contributed by atoms with E-state index in [2.05, 4.69) is 9.55 Å². The molecule has 3 rings (SSSR count). The molecule has 0 aliphatic heterocycles. The number of halogens is 2. The molecule has 2 aromatic rings. The summed E-state index contributed by atoms with van der Waals surface area (Å²) in [5, 5.41) is 0. The van der Waals surface area contributed by atoms with Crippen LogP contribution in [-0.4, -0.2) is 16.7 Å². The average molecular weight is 297 g/mol. The number of hydrogen-bond acceptors (Lipinski definition) is 2. The third kappa shape index (κ3) is 2.26. The lowest BCUT2D eigenvalue weighted by Gasteiger charge is -2.25. The topological polar surface area (TPSA) is 27.1 Å². The van der Waals surface area contributed by atoms with Crippen molar-refractivity contribution in [3.8, 4) is 5.75 Å². The van der Waals surface area contributed by atoms with Gasteiger partial charge in [-0.3, -0.25) is 0 Å². The van der Waals surface area contributed by atoms with Crippen molar-refractivity contribution in [1.29, 1.82) is 0 Å². The molecule has 20 heavy (non-hydrogen) atoms. The lowest BCUT2D eigenvalue weighted by Crippen LogP contribution is -2.15. The highest BCUT2D eigenvalue weighted by Crippen LogP contribution is 2.34. The molecule has 3 nitrogen and oxygen atoms in total. The van der Waals surface area contributed by atoms with Crippen molar-refractivity contribution in [1.82, 2.24) is 9.55 Å². The Kier molecular flexibility index (Phi) is 3.83. The van der Waals surface area contributed by atoms with Gasteiger partial charge >= 0.3 is 0 Å². The van der Waals surface area contributed by atoms with Crippen LogP contribution in [0.15, 0.2) is 12.1 Å². The summed E-state index contributed by atoms with van der Waals surface area (Å²) in [5.74, 6) is 1.04. The highest BCUT2D eigenvalue weighted by molar-refractivity contribution is 6.16. The van der Waals surface area contributed by atoms with Crippen LogP contribution < -0.4 is 4.74 Å². The summed E-state index contributed by atoms with van der Waals surface area (Å²) < 4.78 is 21.1. The maximum atomic E-state index is 13.8. The zero-order valence-corrected chi connectivity index (χ0v) is 12.3. The largest absolute Gasteiger partial charge is 0.494 e. The van der Waals surface area contributed by atoms with Gasteiger partial charge in [0, 0.05) is 18.2 Å². The van der Waals surface area contributed by atoms with Crippen molar-refractivity contribution in [2.24, 2.45) is 0 Å². The Morgan fingerprint density at radius 3 is 2.75 bits per heavy atom. The van der Waals surface area contributed by atoms with Crippen LogP contribution in [0.2, 0.25) is 0 Å². The molecule has 0 saturated heterocycles. The molecule has 0 N–H and O–H groups in total. The minimum Gasteiger partial charge on any atom is -0.494 e. The molecular weight excluding hydrogens is 279 g/mol. The van der Waals surface area contributed by atoms with Crippen LogP contribution in [0.1, 0.15) is 44.0 Å². The normalized spacial score (nSPS) is 16.8. The highest BCUT2D eigenvalue weighted by Gasteiger charge is 2.22. The van der Waals surface area contributed by atoms with Crippen molar-refractivity contribution in [3.63, 3.8) is 0 Å². The van der Waals surface area contributed by atoms with Crippen molar-refractivity contribution in [2.75, 3.05) is 7.11 Å². The second kappa shape index (κ2) is 5.60. The Labute approximate surface area is 122 Å². The number of nitrogens with zero attached hydrogens (tertiary/aromatic N) is 2. The fraction of sp³-hybridized carbons (Fsp3) is 0.533. The molecule has 0 amide bonds.